The maximum absolute atomic E-state index is 13.5. The van der Waals surface area contributed by atoms with Gasteiger partial charge in [0, 0.05) is 18.7 Å². The highest BCUT2D eigenvalue weighted by atomic mass is 32.2. The van der Waals surface area contributed by atoms with E-state index in [-0.39, 0.29) is 23.6 Å². The largest absolute Gasteiger partial charge is 0.395 e. The van der Waals surface area contributed by atoms with Crippen LogP contribution in [-0.2, 0) is 10.0 Å². The lowest BCUT2D eigenvalue weighted by atomic mass is 10.2. The summed E-state index contributed by atoms with van der Waals surface area (Å²) < 4.78 is 39.8. The fourth-order valence-electron chi connectivity index (χ4n) is 2.49. The maximum Gasteiger partial charge on any atom is 0.306 e. The number of nitrogens with zero attached hydrogens (tertiary/aromatic N) is 2. The molecular weight excluding hydrogens is 303 g/mol. The number of nitro benzene ring substituents is 1. The number of aliphatic hydroxyl groups excluding tert-OH is 1. The Morgan fingerprint density at radius 2 is 2.19 bits per heavy atom. The molecule has 0 bridgehead atoms. The van der Waals surface area contributed by atoms with Crippen LogP contribution in [0.4, 0.5) is 10.1 Å². The van der Waals surface area contributed by atoms with Gasteiger partial charge in [-0.25, -0.2) is 8.42 Å². The van der Waals surface area contributed by atoms with Gasteiger partial charge in [0.25, 0.3) is 0 Å². The molecule has 1 N–H and O–H groups in total. The van der Waals surface area contributed by atoms with Crippen LogP contribution < -0.4 is 0 Å². The fourth-order valence-corrected chi connectivity index (χ4v) is 4.41. The quantitative estimate of drug-likeness (QED) is 0.664. The number of hydrogen-bond donors (Lipinski definition) is 1. The van der Waals surface area contributed by atoms with Gasteiger partial charge in [0.1, 0.15) is 0 Å². The zero-order chi connectivity index (χ0) is 15.8. The Bertz CT molecular complexity index is 676. The molecule has 1 heterocycles. The highest BCUT2D eigenvalue weighted by molar-refractivity contribution is 7.89. The first-order chi connectivity index (χ1) is 9.78. The van der Waals surface area contributed by atoms with Crippen LogP contribution in [0.5, 0.6) is 0 Å². The van der Waals surface area contributed by atoms with Crippen LogP contribution in [0.1, 0.15) is 18.4 Å². The van der Waals surface area contributed by atoms with Crippen molar-refractivity contribution in [3.8, 4) is 0 Å². The van der Waals surface area contributed by atoms with Crippen molar-refractivity contribution in [1.29, 1.82) is 0 Å². The van der Waals surface area contributed by atoms with E-state index < -0.39 is 32.5 Å². The smallest absolute Gasteiger partial charge is 0.306 e. The van der Waals surface area contributed by atoms with Gasteiger partial charge in [0.05, 0.1) is 16.4 Å². The Balaban J connectivity index is 2.54. The van der Waals surface area contributed by atoms with Gasteiger partial charge in [-0.15, -0.1) is 0 Å². The molecule has 1 aromatic carbocycles. The standard InChI is InChI=1S/C12H15FN2O5S/c1-8-5-10(13)11(15(17)18)6-12(8)21(19,20)14-4-2-3-9(14)7-16/h5-6,9,16H,2-4,7H2,1H3/t9-/m1/s1. The summed E-state index contributed by atoms with van der Waals surface area (Å²) in [6.45, 7) is 1.30. The van der Waals surface area contributed by atoms with Crippen LogP contribution >= 0.6 is 0 Å². The first kappa shape index (κ1) is 15.8. The number of sulfonamides is 1. The third-order valence-electron chi connectivity index (χ3n) is 3.56. The van der Waals surface area contributed by atoms with Crippen LogP contribution in [0.25, 0.3) is 0 Å². The van der Waals surface area contributed by atoms with E-state index >= 15 is 0 Å². The molecule has 0 saturated carbocycles. The van der Waals surface area contributed by atoms with E-state index in [1.54, 1.807) is 0 Å². The second-order valence-electron chi connectivity index (χ2n) is 4.92. The minimum absolute atomic E-state index is 0.0988. The third-order valence-corrected chi connectivity index (χ3v) is 5.66. The minimum Gasteiger partial charge on any atom is -0.395 e. The lowest BCUT2D eigenvalue weighted by Crippen LogP contribution is -2.37. The third kappa shape index (κ3) is 2.76. The molecule has 1 saturated heterocycles. The van der Waals surface area contributed by atoms with Crippen molar-refractivity contribution in [2.45, 2.75) is 30.7 Å². The van der Waals surface area contributed by atoms with Crippen molar-refractivity contribution in [3.05, 3.63) is 33.6 Å². The number of nitro groups is 1. The van der Waals surface area contributed by atoms with Gasteiger partial charge in [0.2, 0.25) is 15.8 Å². The minimum atomic E-state index is -4.00. The fraction of sp³-hybridized carbons (Fsp3) is 0.500. The zero-order valence-electron chi connectivity index (χ0n) is 11.3. The molecule has 21 heavy (non-hydrogen) atoms. The predicted molar refractivity (Wildman–Crippen MR) is 71.8 cm³/mol. The molecule has 1 fully saturated rings. The van der Waals surface area contributed by atoms with E-state index in [1.165, 1.54) is 6.92 Å². The molecule has 116 valence electrons. The van der Waals surface area contributed by atoms with Crippen molar-refractivity contribution >= 4 is 15.7 Å². The average Bonchev–Trinajstić information content (AvgIpc) is 2.86. The lowest BCUT2D eigenvalue weighted by molar-refractivity contribution is -0.387. The molecule has 1 atom stereocenters. The van der Waals surface area contributed by atoms with Crippen molar-refractivity contribution in [1.82, 2.24) is 4.31 Å². The molecular formula is C12H15FN2O5S. The van der Waals surface area contributed by atoms with Crippen LogP contribution in [0.15, 0.2) is 17.0 Å². The molecule has 1 aliphatic heterocycles. The average molecular weight is 318 g/mol. The summed E-state index contributed by atoms with van der Waals surface area (Å²) in [6, 6.07) is 1.04. The molecule has 7 nitrogen and oxygen atoms in total. The van der Waals surface area contributed by atoms with E-state index in [4.69, 9.17) is 0 Å². The summed E-state index contributed by atoms with van der Waals surface area (Å²) >= 11 is 0. The Labute approximate surface area is 121 Å². The topological polar surface area (TPSA) is 101 Å². The maximum atomic E-state index is 13.5. The number of aryl methyl sites for hydroxylation is 1. The van der Waals surface area contributed by atoms with Gasteiger partial charge >= 0.3 is 5.69 Å². The van der Waals surface area contributed by atoms with Crippen LogP contribution in [0.2, 0.25) is 0 Å². The molecule has 0 spiro atoms. The van der Waals surface area contributed by atoms with Crippen LogP contribution in [0.3, 0.4) is 0 Å². The molecule has 1 aromatic rings. The van der Waals surface area contributed by atoms with Gasteiger partial charge in [0.15, 0.2) is 0 Å². The van der Waals surface area contributed by atoms with E-state index in [0.29, 0.717) is 12.8 Å². The zero-order valence-corrected chi connectivity index (χ0v) is 12.1. The van der Waals surface area contributed by atoms with Gasteiger partial charge in [-0.2, -0.15) is 8.70 Å². The first-order valence-electron chi connectivity index (χ1n) is 6.36. The van der Waals surface area contributed by atoms with Crippen molar-refractivity contribution in [3.63, 3.8) is 0 Å². The summed E-state index contributed by atoms with van der Waals surface area (Å²) in [5.41, 5.74) is -0.777. The number of aliphatic hydroxyl groups is 1. The van der Waals surface area contributed by atoms with E-state index in [1.807, 2.05) is 0 Å². The summed E-state index contributed by atoms with van der Waals surface area (Å²) in [5.74, 6) is -1.07. The van der Waals surface area contributed by atoms with Crippen molar-refractivity contribution in [2.75, 3.05) is 13.2 Å². The second kappa shape index (κ2) is 5.66. The number of rotatable bonds is 4. The van der Waals surface area contributed by atoms with Crippen molar-refractivity contribution in [2.24, 2.45) is 0 Å². The summed E-state index contributed by atoms with van der Waals surface area (Å²) in [4.78, 5) is 9.52. The molecule has 0 aromatic heterocycles. The first-order valence-corrected chi connectivity index (χ1v) is 7.80. The molecule has 1 aliphatic rings. The molecule has 2 rings (SSSR count). The van der Waals surface area contributed by atoms with E-state index in [0.717, 1.165) is 16.4 Å². The second-order valence-corrected chi connectivity index (χ2v) is 6.78. The SMILES string of the molecule is Cc1cc(F)c([N+](=O)[O-])cc1S(=O)(=O)N1CCC[C@@H]1CO. The van der Waals surface area contributed by atoms with Crippen LogP contribution in [0, 0.1) is 22.9 Å². The Morgan fingerprint density at radius 1 is 1.52 bits per heavy atom. The van der Waals surface area contributed by atoms with E-state index in [2.05, 4.69) is 0 Å². The Hall–Kier alpha value is -1.58. The molecule has 0 radical (unpaired) electrons. The Morgan fingerprint density at radius 3 is 2.76 bits per heavy atom. The van der Waals surface area contributed by atoms with Gasteiger partial charge in [-0.05, 0) is 31.4 Å². The highest BCUT2D eigenvalue weighted by Gasteiger charge is 2.36. The Kier molecular flexibility index (Phi) is 4.26. The summed E-state index contributed by atoms with van der Waals surface area (Å²) in [6.07, 6.45) is 1.13. The van der Waals surface area contributed by atoms with Crippen LogP contribution in [-0.4, -0.2) is 41.9 Å². The molecule has 0 unspecified atom stereocenters. The summed E-state index contributed by atoms with van der Waals surface area (Å²) in [7, 11) is -4.00. The normalized spacial score (nSPS) is 19.9. The van der Waals surface area contributed by atoms with Crippen molar-refractivity contribution < 1.29 is 22.8 Å². The number of benzene rings is 1. The number of halogens is 1. The highest BCUT2D eigenvalue weighted by Crippen LogP contribution is 2.31. The lowest BCUT2D eigenvalue weighted by Gasteiger charge is -2.23. The number of hydrogen-bond acceptors (Lipinski definition) is 5. The van der Waals surface area contributed by atoms with Gasteiger partial charge in [-0.1, -0.05) is 0 Å². The molecule has 0 aliphatic carbocycles. The molecule has 9 heteroatoms. The van der Waals surface area contributed by atoms with E-state index in [9.17, 15) is 28.0 Å². The predicted octanol–water partition coefficient (Wildman–Crippen LogP) is 1.19. The molecule has 0 amide bonds. The summed E-state index contributed by atoms with van der Waals surface area (Å²) in [5, 5.41) is 20.0. The monoisotopic (exact) mass is 318 g/mol. The van der Waals surface area contributed by atoms with Gasteiger partial charge in [-0.3, -0.25) is 10.1 Å². The van der Waals surface area contributed by atoms with Gasteiger partial charge < -0.3 is 5.11 Å².